The number of halogens is 4. The minimum atomic E-state index is -5.09. The average molecular weight is 743 g/mol. The van der Waals surface area contributed by atoms with E-state index in [1.807, 2.05) is 31.4 Å². The van der Waals surface area contributed by atoms with Crippen molar-refractivity contribution in [3.05, 3.63) is 92.7 Å². The molecule has 3 heterocycles. The van der Waals surface area contributed by atoms with Crippen LogP contribution < -0.4 is 38.3 Å². The van der Waals surface area contributed by atoms with Gasteiger partial charge in [0.1, 0.15) is 10.7 Å². The number of fused-ring (bicyclic) bond motifs is 1. The molecule has 52 heavy (non-hydrogen) atoms. The van der Waals surface area contributed by atoms with Crippen LogP contribution in [0.1, 0.15) is 55.3 Å². The molecule has 9 N–H and O–H groups in total. The van der Waals surface area contributed by atoms with Gasteiger partial charge in [0.25, 0.3) is 0 Å². The standard InChI is InChI=1S/C35H42F4N10O2S/c1-20(40)4-3-5-22-14-27(31(36)29(15-22)51-35(37,38)39)28-16-24-19-49(34(50)48-32(24)47-28)26-8-6-23(7-9-26)21(2)44-11-10-25(46-33(41)42)17-43-18-30-45-12-13-52-30/h6-9,12-16,19-21,25,43-44H,3-5,10-11,17-18,40H2,1-2H3,(H4,41,42,46)(H,47,48,50)/t20-,21-,25-/m0/s1. The highest BCUT2D eigenvalue weighted by atomic mass is 32.1. The molecule has 5 aromatic rings. The molecule has 0 amide bonds. The largest absolute Gasteiger partial charge is 0.573 e. The van der Waals surface area contributed by atoms with Crippen molar-refractivity contribution in [1.82, 2.24) is 30.2 Å². The van der Waals surface area contributed by atoms with Gasteiger partial charge in [0.15, 0.2) is 17.5 Å². The van der Waals surface area contributed by atoms with E-state index in [0.29, 0.717) is 62.0 Å². The molecule has 0 saturated heterocycles. The number of ether oxygens (including phenoxy) is 1. The van der Waals surface area contributed by atoms with Gasteiger partial charge in [-0.2, -0.15) is 4.98 Å². The van der Waals surface area contributed by atoms with Gasteiger partial charge in [-0.25, -0.2) is 19.2 Å². The van der Waals surface area contributed by atoms with Crippen molar-refractivity contribution in [3.63, 3.8) is 0 Å². The van der Waals surface area contributed by atoms with Crippen LogP contribution in [0.3, 0.4) is 0 Å². The van der Waals surface area contributed by atoms with Crippen LogP contribution in [-0.4, -0.2) is 57.0 Å². The number of nitrogens with one attached hydrogen (secondary N) is 3. The molecule has 0 aliphatic heterocycles. The fraction of sp³-hybridized carbons (Fsp3) is 0.371. The van der Waals surface area contributed by atoms with E-state index in [4.69, 9.17) is 17.2 Å². The Labute approximate surface area is 301 Å². The second-order valence-electron chi connectivity index (χ2n) is 12.6. The summed E-state index contributed by atoms with van der Waals surface area (Å²) in [5.74, 6) is -2.11. The zero-order valence-corrected chi connectivity index (χ0v) is 29.5. The predicted octanol–water partition coefficient (Wildman–Crippen LogP) is 5.02. The molecule has 0 saturated carbocycles. The number of alkyl halides is 3. The number of nitrogens with two attached hydrogens (primary N) is 3. The normalized spacial score (nSPS) is 13.6. The summed E-state index contributed by atoms with van der Waals surface area (Å²) < 4.78 is 60.3. The number of guanidine groups is 1. The Hall–Kier alpha value is -4.84. The molecule has 2 aromatic carbocycles. The maximum Gasteiger partial charge on any atom is 0.573 e. The van der Waals surface area contributed by atoms with Crippen molar-refractivity contribution in [2.45, 2.75) is 70.6 Å². The Morgan fingerprint density at radius 1 is 1.13 bits per heavy atom. The SMILES string of the molecule is C[C@H](N)CCCc1cc(OC(F)(F)F)c(F)c(-c2cc3cn(-c4ccc([C@H](C)NCC[C@@H](CNCc5nccs5)N=C(N)N)cc4)c(=O)nc3[nH]2)c1. The van der Waals surface area contributed by atoms with Crippen molar-refractivity contribution in [2.75, 3.05) is 13.1 Å². The number of benzene rings is 2. The molecule has 3 atom stereocenters. The third kappa shape index (κ3) is 10.6. The Morgan fingerprint density at radius 3 is 2.58 bits per heavy atom. The molecule has 5 rings (SSSR count). The Morgan fingerprint density at radius 2 is 1.90 bits per heavy atom. The van der Waals surface area contributed by atoms with Gasteiger partial charge in [0.2, 0.25) is 0 Å². The number of aryl methyl sites for hydroxylation is 1. The van der Waals surface area contributed by atoms with Crippen molar-refractivity contribution in [2.24, 2.45) is 22.2 Å². The summed E-state index contributed by atoms with van der Waals surface area (Å²) in [7, 11) is 0. The number of aromatic nitrogens is 4. The van der Waals surface area contributed by atoms with Crippen LogP contribution in [0, 0.1) is 5.82 Å². The maximum atomic E-state index is 15.5. The van der Waals surface area contributed by atoms with Crippen molar-refractivity contribution < 1.29 is 22.3 Å². The number of hydrogen-bond acceptors (Lipinski definition) is 9. The lowest BCUT2D eigenvalue weighted by molar-refractivity contribution is -0.275. The van der Waals surface area contributed by atoms with Crippen LogP contribution in [0.25, 0.3) is 28.0 Å². The highest BCUT2D eigenvalue weighted by Crippen LogP contribution is 2.35. The molecular weight excluding hydrogens is 701 g/mol. The van der Waals surface area contributed by atoms with E-state index in [0.717, 1.165) is 16.6 Å². The van der Waals surface area contributed by atoms with E-state index < -0.39 is 23.6 Å². The number of hydrogen-bond donors (Lipinski definition) is 6. The first-order valence-electron chi connectivity index (χ1n) is 16.7. The van der Waals surface area contributed by atoms with Crippen LogP contribution in [0.5, 0.6) is 5.75 Å². The fourth-order valence-electron chi connectivity index (χ4n) is 5.76. The number of nitrogens with zero attached hydrogens (tertiary/aromatic N) is 4. The minimum Gasteiger partial charge on any atom is -0.403 e. The summed E-state index contributed by atoms with van der Waals surface area (Å²) in [6.07, 6.45) is 0.483. The zero-order chi connectivity index (χ0) is 37.4. The summed E-state index contributed by atoms with van der Waals surface area (Å²) in [5, 5.41) is 10.2. The van der Waals surface area contributed by atoms with Gasteiger partial charge in [-0.05, 0) is 87.5 Å². The van der Waals surface area contributed by atoms with Gasteiger partial charge in [-0.3, -0.25) is 4.57 Å². The molecule has 0 unspecified atom stereocenters. The summed E-state index contributed by atoms with van der Waals surface area (Å²) in [6, 6.07) is 11.1. The Balaban J connectivity index is 1.28. The number of aliphatic imine (C=N–C) groups is 1. The van der Waals surface area contributed by atoms with E-state index in [1.54, 1.807) is 35.9 Å². The topological polar surface area (TPSA) is 187 Å². The molecule has 0 bridgehead atoms. The third-order valence-electron chi connectivity index (χ3n) is 8.32. The minimum absolute atomic E-state index is 0.0262. The molecule has 0 fully saturated rings. The lowest BCUT2D eigenvalue weighted by atomic mass is 10.0. The van der Waals surface area contributed by atoms with Crippen LogP contribution in [0.2, 0.25) is 0 Å². The van der Waals surface area contributed by atoms with E-state index in [1.165, 1.54) is 16.7 Å². The molecule has 3 aromatic heterocycles. The number of thiazole rings is 1. The fourth-order valence-corrected chi connectivity index (χ4v) is 6.35. The Bertz CT molecular complexity index is 2010. The zero-order valence-electron chi connectivity index (χ0n) is 28.7. The molecular formula is C35H42F4N10O2S. The quantitative estimate of drug-likeness (QED) is 0.0432. The first kappa shape index (κ1) is 38.4. The number of aromatic amines is 1. The Kier molecular flexibility index (Phi) is 12.6. The first-order valence-corrected chi connectivity index (χ1v) is 17.6. The molecule has 12 nitrogen and oxygen atoms in total. The highest BCUT2D eigenvalue weighted by Gasteiger charge is 2.33. The molecule has 278 valence electrons. The van der Waals surface area contributed by atoms with Crippen LogP contribution in [0.4, 0.5) is 17.6 Å². The van der Waals surface area contributed by atoms with Crippen molar-refractivity contribution in [3.8, 4) is 22.7 Å². The van der Waals surface area contributed by atoms with Crippen LogP contribution in [-0.2, 0) is 13.0 Å². The maximum absolute atomic E-state index is 15.5. The lowest BCUT2D eigenvalue weighted by Gasteiger charge is -2.18. The van der Waals surface area contributed by atoms with Crippen LogP contribution >= 0.6 is 11.3 Å². The first-order chi connectivity index (χ1) is 24.8. The summed E-state index contributed by atoms with van der Waals surface area (Å²) >= 11 is 1.57. The smallest absolute Gasteiger partial charge is 0.403 e. The number of rotatable bonds is 17. The van der Waals surface area contributed by atoms with Gasteiger partial charge in [-0.15, -0.1) is 24.5 Å². The molecule has 0 aliphatic rings. The third-order valence-corrected chi connectivity index (χ3v) is 9.10. The summed E-state index contributed by atoms with van der Waals surface area (Å²) in [4.78, 5) is 28.7. The van der Waals surface area contributed by atoms with E-state index >= 15 is 4.39 Å². The second kappa shape index (κ2) is 17.1. The monoisotopic (exact) mass is 742 g/mol. The van der Waals surface area contributed by atoms with Gasteiger partial charge in [-0.1, -0.05) is 12.1 Å². The predicted molar refractivity (Wildman–Crippen MR) is 195 cm³/mol. The number of H-pyrrole nitrogens is 1. The molecule has 0 radical (unpaired) electrons. The summed E-state index contributed by atoms with van der Waals surface area (Å²) in [5.41, 5.74) is 18.6. The molecule has 0 aliphatic carbocycles. The lowest BCUT2D eigenvalue weighted by Crippen LogP contribution is -2.33. The van der Waals surface area contributed by atoms with Gasteiger partial charge < -0.3 is 37.6 Å². The average Bonchev–Trinajstić information content (AvgIpc) is 3.74. The van der Waals surface area contributed by atoms with Gasteiger partial charge >= 0.3 is 12.1 Å². The van der Waals surface area contributed by atoms with Crippen molar-refractivity contribution in [1.29, 1.82) is 0 Å². The van der Waals surface area contributed by atoms with E-state index in [-0.39, 0.29) is 41.0 Å². The van der Waals surface area contributed by atoms with E-state index in [9.17, 15) is 18.0 Å². The van der Waals surface area contributed by atoms with Gasteiger partial charge in [0.05, 0.1) is 17.4 Å². The highest BCUT2D eigenvalue weighted by molar-refractivity contribution is 7.09. The van der Waals surface area contributed by atoms with Crippen molar-refractivity contribution >= 4 is 28.3 Å². The molecule has 17 heteroatoms. The molecule has 0 spiro atoms. The summed E-state index contributed by atoms with van der Waals surface area (Å²) in [6.45, 7) is 5.70. The van der Waals surface area contributed by atoms with E-state index in [2.05, 4.69) is 35.3 Å². The van der Waals surface area contributed by atoms with Crippen LogP contribution in [0.15, 0.2) is 70.0 Å². The second-order valence-corrected chi connectivity index (χ2v) is 13.6. The van der Waals surface area contributed by atoms with Gasteiger partial charge in [0, 0.05) is 53.9 Å².